The van der Waals surface area contributed by atoms with Crippen LogP contribution in [-0.4, -0.2) is 14.9 Å². The summed E-state index contributed by atoms with van der Waals surface area (Å²) in [5, 5.41) is 7.45. The van der Waals surface area contributed by atoms with E-state index in [-0.39, 0.29) is 5.95 Å². The van der Waals surface area contributed by atoms with Crippen LogP contribution in [0.5, 0.6) is 0 Å². The number of rotatable bonds is 1. The summed E-state index contributed by atoms with van der Waals surface area (Å²) in [6.07, 6.45) is 0. The van der Waals surface area contributed by atoms with Crippen LogP contribution in [0.3, 0.4) is 0 Å². The molecule has 0 aliphatic rings. The third-order valence-corrected chi connectivity index (χ3v) is 1.73. The minimum absolute atomic E-state index is 0.0306. The molecule has 78 valence electrons. The van der Waals surface area contributed by atoms with Gasteiger partial charge in [0, 0.05) is 5.41 Å². The van der Waals surface area contributed by atoms with E-state index in [0.717, 1.165) is 4.68 Å². The molecule has 5 N–H and O–H groups in total. The van der Waals surface area contributed by atoms with E-state index >= 15 is 0 Å². The Labute approximate surface area is 81.1 Å². The normalized spacial score (nSPS) is 11.4. The van der Waals surface area contributed by atoms with Gasteiger partial charge in [0.1, 0.15) is 5.69 Å². The van der Waals surface area contributed by atoms with E-state index < -0.39 is 11.0 Å². The van der Waals surface area contributed by atoms with Gasteiger partial charge in [0.25, 0.3) is 11.5 Å². The maximum atomic E-state index is 11.6. The molecule has 0 saturated carbocycles. The largest absolute Gasteiger partial charge is 0.333 e. The van der Waals surface area contributed by atoms with E-state index in [9.17, 15) is 4.79 Å². The van der Waals surface area contributed by atoms with Gasteiger partial charge >= 0.3 is 0 Å². The molecule has 1 rings (SSSR count). The highest BCUT2D eigenvalue weighted by Gasteiger charge is 2.22. The molecular formula is C7H14N6O. The molecule has 0 unspecified atom stereocenters. The van der Waals surface area contributed by atoms with Crippen LogP contribution in [0.2, 0.25) is 0 Å². The zero-order chi connectivity index (χ0) is 10.9. The lowest BCUT2D eigenvalue weighted by molar-refractivity contribution is 0.538. The fourth-order valence-corrected chi connectivity index (χ4v) is 0.968. The lowest BCUT2D eigenvalue weighted by atomic mass is 9.93. The maximum absolute atomic E-state index is 11.6. The number of nitrogens with two attached hydrogens (primary N) is 2. The van der Waals surface area contributed by atoms with E-state index in [4.69, 9.17) is 11.7 Å². The van der Waals surface area contributed by atoms with Gasteiger partial charge in [0.15, 0.2) is 0 Å². The number of nitrogens with zero attached hydrogens (tertiary/aromatic N) is 3. The molecule has 0 bridgehead atoms. The lowest BCUT2D eigenvalue weighted by Crippen LogP contribution is -2.39. The predicted octanol–water partition coefficient (Wildman–Crippen LogP) is -1.06. The minimum Gasteiger partial charge on any atom is -0.333 e. The Kier molecular flexibility index (Phi) is 2.43. The second-order valence-corrected chi connectivity index (χ2v) is 3.94. The third kappa shape index (κ3) is 1.67. The van der Waals surface area contributed by atoms with Crippen LogP contribution in [0.15, 0.2) is 4.79 Å². The first-order valence-corrected chi connectivity index (χ1v) is 4.10. The fraction of sp³-hybridized carbons (Fsp3) is 0.571. The van der Waals surface area contributed by atoms with Gasteiger partial charge in [-0.25, -0.2) is 5.84 Å². The lowest BCUT2D eigenvalue weighted by Gasteiger charge is -2.16. The molecule has 0 amide bonds. The Morgan fingerprint density at radius 1 is 1.36 bits per heavy atom. The van der Waals surface area contributed by atoms with Crippen LogP contribution in [0, 0.1) is 0 Å². The molecule has 7 heteroatoms. The Morgan fingerprint density at radius 2 is 1.93 bits per heavy atom. The molecule has 0 saturated heterocycles. The maximum Gasteiger partial charge on any atom is 0.295 e. The predicted molar refractivity (Wildman–Crippen MR) is 53.0 cm³/mol. The van der Waals surface area contributed by atoms with Crippen molar-refractivity contribution in [3.05, 3.63) is 16.0 Å². The molecule has 0 atom stereocenters. The van der Waals surface area contributed by atoms with Crippen molar-refractivity contribution in [2.75, 3.05) is 11.3 Å². The highest BCUT2D eigenvalue weighted by molar-refractivity contribution is 5.23. The molecule has 0 aliphatic heterocycles. The molecule has 1 heterocycles. The highest BCUT2D eigenvalue weighted by Crippen LogP contribution is 2.15. The van der Waals surface area contributed by atoms with Gasteiger partial charge in [-0.05, 0) is 0 Å². The molecular weight excluding hydrogens is 184 g/mol. The Balaban J connectivity index is 3.40. The summed E-state index contributed by atoms with van der Waals surface area (Å²) in [7, 11) is 0. The smallest absolute Gasteiger partial charge is 0.295 e. The van der Waals surface area contributed by atoms with Crippen molar-refractivity contribution >= 4 is 5.95 Å². The van der Waals surface area contributed by atoms with Crippen LogP contribution in [-0.2, 0) is 5.41 Å². The number of hydrazine groups is 1. The SMILES string of the molecule is CC(C)(C)c1nnc(NN)n(N)c1=O. The van der Waals surface area contributed by atoms with E-state index in [0.29, 0.717) is 5.69 Å². The molecule has 0 aliphatic carbocycles. The number of hydrogen-bond acceptors (Lipinski definition) is 6. The van der Waals surface area contributed by atoms with Crippen LogP contribution >= 0.6 is 0 Å². The zero-order valence-electron chi connectivity index (χ0n) is 8.40. The number of nitrogen functional groups attached to an aromatic ring is 2. The average molecular weight is 198 g/mol. The molecule has 0 aromatic carbocycles. The summed E-state index contributed by atoms with van der Waals surface area (Å²) >= 11 is 0. The zero-order valence-corrected chi connectivity index (χ0v) is 8.40. The van der Waals surface area contributed by atoms with Crippen molar-refractivity contribution in [3.8, 4) is 0 Å². The van der Waals surface area contributed by atoms with E-state index in [2.05, 4.69) is 15.6 Å². The van der Waals surface area contributed by atoms with Crippen molar-refractivity contribution in [1.82, 2.24) is 14.9 Å². The van der Waals surface area contributed by atoms with Crippen molar-refractivity contribution in [1.29, 1.82) is 0 Å². The van der Waals surface area contributed by atoms with Gasteiger partial charge < -0.3 is 5.84 Å². The summed E-state index contributed by atoms with van der Waals surface area (Å²) < 4.78 is 0.841. The third-order valence-electron chi connectivity index (χ3n) is 1.73. The quantitative estimate of drug-likeness (QED) is 0.391. The molecule has 14 heavy (non-hydrogen) atoms. The second kappa shape index (κ2) is 3.26. The number of aromatic nitrogens is 3. The van der Waals surface area contributed by atoms with Gasteiger partial charge in [-0.3, -0.25) is 10.2 Å². The highest BCUT2D eigenvalue weighted by atomic mass is 16.1. The van der Waals surface area contributed by atoms with Crippen molar-refractivity contribution in [2.24, 2.45) is 5.84 Å². The average Bonchev–Trinajstić information content (AvgIpc) is 2.07. The van der Waals surface area contributed by atoms with Crippen molar-refractivity contribution < 1.29 is 0 Å². The van der Waals surface area contributed by atoms with E-state index in [1.54, 1.807) is 0 Å². The number of hydrogen-bond donors (Lipinski definition) is 3. The first kappa shape index (κ1) is 10.5. The van der Waals surface area contributed by atoms with Gasteiger partial charge in [-0.15, -0.1) is 10.2 Å². The van der Waals surface area contributed by atoms with Gasteiger partial charge in [0.2, 0.25) is 0 Å². The first-order valence-electron chi connectivity index (χ1n) is 4.10. The van der Waals surface area contributed by atoms with Crippen LogP contribution < -0.4 is 22.7 Å². The molecule has 7 nitrogen and oxygen atoms in total. The Hall–Kier alpha value is -1.63. The summed E-state index contributed by atoms with van der Waals surface area (Å²) in [5.41, 5.74) is 1.69. The fourth-order valence-electron chi connectivity index (χ4n) is 0.968. The summed E-state index contributed by atoms with van der Waals surface area (Å²) in [6, 6.07) is 0. The molecule has 1 aromatic rings. The molecule has 0 fully saturated rings. The monoisotopic (exact) mass is 198 g/mol. The standard InChI is InChI=1S/C7H14N6O/c1-7(2,3)4-5(14)13(9)6(10-8)12-11-4/h8-9H2,1-3H3,(H,10,12). The summed E-state index contributed by atoms with van der Waals surface area (Å²) in [5.74, 6) is 10.6. The van der Waals surface area contributed by atoms with Crippen molar-refractivity contribution in [3.63, 3.8) is 0 Å². The Bertz CT molecular complexity index is 390. The van der Waals surface area contributed by atoms with Crippen molar-refractivity contribution in [2.45, 2.75) is 26.2 Å². The van der Waals surface area contributed by atoms with E-state index in [1.807, 2.05) is 20.8 Å². The van der Waals surface area contributed by atoms with Gasteiger partial charge in [0.05, 0.1) is 0 Å². The molecule has 0 radical (unpaired) electrons. The van der Waals surface area contributed by atoms with Crippen LogP contribution in [0.25, 0.3) is 0 Å². The van der Waals surface area contributed by atoms with E-state index in [1.165, 1.54) is 0 Å². The van der Waals surface area contributed by atoms with Crippen LogP contribution in [0.4, 0.5) is 5.95 Å². The second-order valence-electron chi connectivity index (χ2n) is 3.94. The number of anilines is 1. The number of nitrogens with one attached hydrogen (secondary N) is 1. The first-order chi connectivity index (χ1) is 6.38. The van der Waals surface area contributed by atoms with Gasteiger partial charge in [-0.2, -0.15) is 4.68 Å². The topological polar surface area (TPSA) is 112 Å². The summed E-state index contributed by atoms with van der Waals surface area (Å²) in [4.78, 5) is 11.6. The van der Waals surface area contributed by atoms with Crippen LogP contribution in [0.1, 0.15) is 26.5 Å². The minimum atomic E-state index is -0.402. The molecule has 0 spiro atoms. The summed E-state index contributed by atoms with van der Waals surface area (Å²) in [6.45, 7) is 5.57. The van der Waals surface area contributed by atoms with Gasteiger partial charge in [-0.1, -0.05) is 20.8 Å². The Morgan fingerprint density at radius 3 is 2.36 bits per heavy atom. The molecule has 1 aromatic heterocycles.